The van der Waals surface area contributed by atoms with Gasteiger partial charge in [0.1, 0.15) is 6.61 Å². The standard InChI is InChI=1S/C16H19FO4/c1-16(2)8-7-12(21-16)10-20-14-5-3-11(9-13(14)17)4-6-15(18)19/h3-6,9,12H,7-8,10H2,1-2H3,(H,18,19)/b6-4+. The van der Waals surface area contributed by atoms with Gasteiger partial charge in [-0.1, -0.05) is 6.07 Å². The number of aliphatic carboxylic acids is 1. The number of rotatable bonds is 5. The minimum atomic E-state index is -1.07. The number of hydrogen-bond donors (Lipinski definition) is 1. The Bertz CT molecular complexity index is 551. The van der Waals surface area contributed by atoms with E-state index in [0.29, 0.717) is 12.2 Å². The van der Waals surface area contributed by atoms with Crippen molar-refractivity contribution in [3.63, 3.8) is 0 Å². The Hall–Kier alpha value is -1.88. The molecule has 1 saturated heterocycles. The number of carboxylic acids is 1. The van der Waals surface area contributed by atoms with Crippen LogP contribution in [0, 0.1) is 5.82 Å². The second-order valence-electron chi connectivity index (χ2n) is 5.71. The highest BCUT2D eigenvalue weighted by atomic mass is 19.1. The van der Waals surface area contributed by atoms with Crippen LogP contribution >= 0.6 is 0 Å². The third-order valence-corrected chi connectivity index (χ3v) is 3.35. The zero-order chi connectivity index (χ0) is 15.5. The Labute approximate surface area is 123 Å². The molecule has 1 unspecified atom stereocenters. The molecule has 2 rings (SSSR count). The topological polar surface area (TPSA) is 55.8 Å². The molecule has 1 aliphatic heterocycles. The Morgan fingerprint density at radius 2 is 2.33 bits per heavy atom. The molecule has 0 radical (unpaired) electrons. The zero-order valence-electron chi connectivity index (χ0n) is 12.1. The molecule has 1 aliphatic rings. The molecule has 1 aromatic carbocycles. The van der Waals surface area contributed by atoms with Crippen molar-refractivity contribution in [3.05, 3.63) is 35.7 Å². The maximum absolute atomic E-state index is 13.9. The van der Waals surface area contributed by atoms with Gasteiger partial charge in [0.25, 0.3) is 0 Å². The molecule has 114 valence electrons. The van der Waals surface area contributed by atoms with E-state index >= 15 is 0 Å². The van der Waals surface area contributed by atoms with Crippen molar-refractivity contribution in [3.8, 4) is 5.75 Å². The fourth-order valence-corrected chi connectivity index (χ4v) is 2.28. The van der Waals surface area contributed by atoms with Crippen LogP contribution in [0.4, 0.5) is 4.39 Å². The number of carboxylic acid groups (broad SMARTS) is 1. The van der Waals surface area contributed by atoms with E-state index < -0.39 is 11.8 Å². The molecule has 0 bridgehead atoms. The molecule has 1 heterocycles. The monoisotopic (exact) mass is 294 g/mol. The summed E-state index contributed by atoms with van der Waals surface area (Å²) >= 11 is 0. The normalized spacial score (nSPS) is 20.8. The third-order valence-electron chi connectivity index (χ3n) is 3.35. The molecule has 0 aliphatic carbocycles. The highest BCUT2D eigenvalue weighted by molar-refractivity contribution is 5.85. The van der Waals surface area contributed by atoms with E-state index in [9.17, 15) is 9.18 Å². The Morgan fingerprint density at radius 3 is 2.90 bits per heavy atom. The van der Waals surface area contributed by atoms with E-state index in [1.807, 2.05) is 13.8 Å². The fraction of sp³-hybridized carbons (Fsp3) is 0.438. The van der Waals surface area contributed by atoms with Gasteiger partial charge in [0.2, 0.25) is 0 Å². The predicted molar refractivity (Wildman–Crippen MR) is 76.8 cm³/mol. The number of benzene rings is 1. The van der Waals surface area contributed by atoms with Crippen LogP contribution in [-0.4, -0.2) is 29.4 Å². The molecular weight excluding hydrogens is 275 g/mol. The zero-order valence-corrected chi connectivity index (χ0v) is 12.1. The fourth-order valence-electron chi connectivity index (χ4n) is 2.28. The second kappa shape index (κ2) is 6.26. The first-order valence-corrected chi connectivity index (χ1v) is 6.87. The van der Waals surface area contributed by atoms with Crippen LogP contribution < -0.4 is 4.74 Å². The van der Waals surface area contributed by atoms with Gasteiger partial charge in [0.05, 0.1) is 11.7 Å². The van der Waals surface area contributed by atoms with Crippen LogP contribution in [-0.2, 0) is 9.53 Å². The first kappa shape index (κ1) is 15.5. The highest BCUT2D eigenvalue weighted by Crippen LogP contribution is 2.30. The van der Waals surface area contributed by atoms with Crippen molar-refractivity contribution in [2.45, 2.75) is 38.4 Å². The van der Waals surface area contributed by atoms with Gasteiger partial charge < -0.3 is 14.6 Å². The lowest BCUT2D eigenvalue weighted by Gasteiger charge is -2.19. The molecule has 5 heteroatoms. The number of carbonyl (C=O) groups is 1. The van der Waals surface area contributed by atoms with Crippen LogP contribution in [0.15, 0.2) is 24.3 Å². The predicted octanol–water partition coefficient (Wildman–Crippen LogP) is 3.26. The summed E-state index contributed by atoms with van der Waals surface area (Å²) in [4.78, 5) is 10.4. The van der Waals surface area contributed by atoms with E-state index in [1.54, 1.807) is 6.07 Å². The van der Waals surface area contributed by atoms with Gasteiger partial charge in [0.15, 0.2) is 11.6 Å². The Kier molecular flexibility index (Phi) is 4.63. The van der Waals surface area contributed by atoms with E-state index in [1.165, 1.54) is 18.2 Å². The number of halogens is 1. The van der Waals surface area contributed by atoms with Crippen molar-refractivity contribution < 1.29 is 23.8 Å². The SMILES string of the molecule is CC1(C)CCC(COc2ccc(/C=C/C(=O)O)cc2F)O1. The minimum Gasteiger partial charge on any atom is -0.488 e. The van der Waals surface area contributed by atoms with Gasteiger partial charge in [-0.2, -0.15) is 0 Å². The van der Waals surface area contributed by atoms with E-state index in [2.05, 4.69) is 0 Å². The summed E-state index contributed by atoms with van der Waals surface area (Å²) in [6.45, 7) is 4.36. The van der Waals surface area contributed by atoms with Crippen molar-refractivity contribution in [2.75, 3.05) is 6.61 Å². The lowest BCUT2D eigenvalue weighted by atomic mass is 10.1. The van der Waals surface area contributed by atoms with Crippen molar-refractivity contribution in [1.29, 1.82) is 0 Å². The first-order valence-electron chi connectivity index (χ1n) is 6.87. The molecule has 1 N–H and O–H groups in total. The van der Waals surface area contributed by atoms with Crippen LogP contribution in [0.3, 0.4) is 0 Å². The lowest BCUT2D eigenvalue weighted by Crippen LogP contribution is -2.24. The second-order valence-corrected chi connectivity index (χ2v) is 5.71. The van der Waals surface area contributed by atoms with Crippen LogP contribution in [0.25, 0.3) is 6.08 Å². The quantitative estimate of drug-likeness (QED) is 0.847. The van der Waals surface area contributed by atoms with Gasteiger partial charge in [-0.05, 0) is 50.5 Å². The summed E-state index contributed by atoms with van der Waals surface area (Å²) < 4.78 is 25.1. The molecule has 0 aromatic heterocycles. The van der Waals surface area contributed by atoms with Gasteiger partial charge in [-0.3, -0.25) is 0 Å². The molecule has 0 amide bonds. The van der Waals surface area contributed by atoms with Gasteiger partial charge in [-0.25, -0.2) is 9.18 Å². The summed E-state index contributed by atoms with van der Waals surface area (Å²) in [7, 11) is 0. The van der Waals surface area contributed by atoms with Crippen LogP contribution in [0.1, 0.15) is 32.3 Å². The smallest absolute Gasteiger partial charge is 0.328 e. The summed E-state index contributed by atoms with van der Waals surface area (Å²) in [6, 6.07) is 4.35. The number of hydrogen-bond acceptors (Lipinski definition) is 3. The Morgan fingerprint density at radius 1 is 1.57 bits per heavy atom. The van der Waals surface area contributed by atoms with Gasteiger partial charge in [-0.15, -0.1) is 0 Å². The van der Waals surface area contributed by atoms with E-state index in [0.717, 1.165) is 18.9 Å². The molecule has 1 aromatic rings. The highest BCUT2D eigenvalue weighted by Gasteiger charge is 2.32. The summed E-state index contributed by atoms with van der Waals surface area (Å²) in [5.74, 6) is -1.44. The van der Waals surface area contributed by atoms with Crippen molar-refractivity contribution >= 4 is 12.0 Å². The van der Waals surface area contributed by atoms with Crippen molar-refractivity contribution in [1.82, 2.24) is 0 Å². The molecule has 1 fully saturated rings. The van der Waals surface area contributed by atoms with E-state index in [-0.39, 0.29) is 17.5 Å². The molecule has 0 saturated carbocycles. The summed E-state index contributed by atoms with van der Waals surface area (Å²) in [5, 5.41) is 8.53. The summed E-state index contributed by atoms with van der Waals surface area (Å²) in [6.07, 6.45) is 4.13. The maximum Gasteiger partial charge on any atom is 0.328 e. The molecule has 4 nitrogen and oxygen atoms in total. The first-order chi connectivity index (χ1) is 9.85. The molecular formula is C16H19FO4. The maximum atomic E-state index is 13.9. The van der Waals surface area contributed by atoms with Crippen molar-refractivity contribution in [2.24, 2.45) is 0 Å². The average molecular weight is 294 g/mol. The molecule has 0 spiro atoms. The molecule has 21 heavy (non-hydrogen) atoms. The van der Waals surface area contributed by atoms with Gasteiger partial charge >= 0.3 is 5.97 Å². The molecule has 1 atom stereocenters. The third kappa shape index (κ3) is 4.56. The van der Waals surface area contributed by atoms with Crippen LogP contribution in [0.2, 0.25) is 0 Å². The number of ether oxygens (including phenoxy) is 2. The minimum absolute atomic E-state index is 0.0222. The van der Waals surface area contributed by atoms with E-state index in [4.69, 9.17) is 14.6 Å². The lowest BCUT2D eigenvalue weighted by molar-refractivity contribution is -0.131. The Balaban J connectivity index is 1.94. The van der Waals surface area contributed by atoms with Gasteiger partial charge in [0, 0.05) is 6.08 Å². The summed E-state index contributed by atoms with van der Waals surface area (Å²) in [5.41, 5.74) is 0.332. The van der Waals surface area contributed by atoms with Crippen LogP contribution in [0.5, 0.6) is 5.75 Å². The largest absolute Gasteiger partial charge is 0.488 e. The average Bonchev–Trinajstić information content (AvgIpc) is 2.75.